The van der Waals surface area contributed by atoms with Crippen LogP contribution in [0.5, 0.6) is 0 Å². The van der Waals surface area contributed by atoms with Gasteiger partial charge in [-0.3, -0.25) is 0 Å². The topological polar surface area (TPSA) is 6.48 Å². The van der Waals surface area contributed by atoms with Crippen molar-refractivity contribution in [1.82, 2.24) is 0 Å². The molecular weight excluding hydrogens is 941 g/mol. The summed E-state index contributed by atoms with van der Waals surface area (Å²) in [6, 6.07) is 108. The molecule has 0 saturated carbocycles. The number of rotatable bonds is 9. The fourth-order valence-electron chi connectivity index (χ4n) is 13.6. The van der Waals surface area contributed by atoms with Gasteiger partial charge in [0.2, 0.25) is 0 Å². The van der Waals surface area contributed by atoms with Crippen LogP contribution in [-0.4, -0.2) is 0 Å². The van der Waals surface area contributed by atoms with E-state index in [9.17, 15) is 0 Å². The van der Waals surface area contributed by atoms with E-state index in [0.29, 0.717) is 0 Å². The molecule has 1 atom stereocenters. The van der Waals surface area contributed by atoms with Crippen molar-refractivity contribution in [2.24, 2.45) is 0 Å². The molecular formula is C76H54N2. The molecule has 0 N–H and O–H groups in total. The van der Waals surface area contributed by atoms with E-state index in [0.717, 1.165) is 39.7 Å². The molecule has 78 heavy (non-hydrogen) atoms. The third-order valence-corrected chi connectivity index (χ3v) is 17.1. The van der Waals surface area contributed by atoms with Crippen molar-refractivity contribution in [3.05, 3.63) is 325 Å². The van der Waals surface area contributed by atoms with Crippen LogP contribution in [0.1, 0.15) is 47.2 Å². The minimum Gasteiger partial charge on any atom is -0.310 e. The van der Waals surface area contributed by atoms with Gasteiger partial charge in [-0.05, 0) is 167 Å². The van der Waals surface area contributed by atoms with Gasteiger partial charge in [0.25, 0.3) is 0 Å². The number of para-hydroxylation sites is 3. The number of hydrogen-bond acceptors (Lipinski definition) is 2. The monoisotopic (exact) mass is 994 g/mol. The zero-order chi connectivity index (χ0) is 52.0. The summed E-state index contributed by atoms with van der Waals surface area (Å²) in [5.41, 5.74) is 28.4. The van der Waals surface area contributed by atoms with E-state index in [1.807, 2.05) is 0 Å². The first-order valence-electron chi connectivity index (χ1n) is 27.2. The molecule has 3 aliphatic carbocycles. The number of fused-ring (bicyclic) bond motifs is 13. The summed E-state index contributed by atoms with van der Waals surface area (Å²) in [5, 5.41) is 0. The Kier molecular flexibility index (Phi) is 10.5. The van der Waals surface area contributed by atoms with Crippen molar-refractivity contribution >= 4 is 34.1 Å². The van der Waals surface area contributed by atoms with Crippen LogP contribution in [0.2, 0.25) is 0 Å². The van der Waals surface area contributed by atoms with Crippen LogP contribution in [0.15, 0.2) is 291 Å². The molecule has 0 radical (unpaired) electrons. The summed E-state index contributed by atoms with van der Waals surface area (Å²) in [5.74, 6) is 0. The predicted molar refractivity (Wildman–Crippen MR) is 326 cm³/mol. The molecule has 368 valence electrons. The second-order valence-electron chi connectivity index (χ2n) is 21.6. The van der Waals surface area contributed by atoms with Crippen LogP contribution < -0.4 is 9.80 Å². The Morgan fingerprint density at radius 1 is 0.231 bits per heavy atom. The highest BCUT2D eigenvalue weighted by Crippen LogP contribution is 2.66. The van der Waals surface area contributed by atoms with E-state index in [1.54, 1.807) is 0 Å². The molecule has 0 saturated heterocycles. The maximum Gasteiger partial charge on any atom is 0.0733 e. The van der Waals surface area contributed by atoms with Crippen LogP contribution in [0.4, 0.5) is 34.1 Å². The lowest BCUT2D eigenvalue weighted by Gasteiger charge is -2.35. The van der Waals surface area contributed by atoms with Gasteiger partial charge in [0.1, 0.15) is 0 Å². The molecule has 2 nitrogen and oxygen atoms in total. The second-order valence-corrected chi connectivity index (χ2v) is 21.6. The van der Waals surface area contributed by atoms with Gasteiger partial charge in [-0.25, -0.2) is 0 Å². The lowest BCUT2D eigenvalue weighted by Crippen LogP contribution is -2.27. The molecule has 0 aliphatic heterocycles. The highest BCUT2D eigenvalue weighted by atomic mass is 15.1. The zero-order valence-corrected chi connectivity index (χ0v) is 43.6. The summed E-state index contributed by atoms with van der Waals surface area (Å²) in [7, 11) is 0. The summed E-state index contributed by atoms with van der Waals surface area (Å²) in [6.07, 6.45) is 0. The normalized spacial score (nSPS) is 14.7. The maximum atomic E-state index is 2.56. The molecule has 2 heteroatoms. The molecule has 12 aromatic carbocycles. The maximum absolute atomic E-state index is 2.56. The fourth-order valence-corrected chi connectivity index (χ4v) is 13.6. The minimum absolute atomic E-state index is 0.105. The zero-order valence-electron chi connectivity index (χ0n) is 43.6. The van der Waals surface area contributed by atoms with Gasteiger partial charge < -0.3 is 9.80 Å². The molecule has 1 unspecified atom stereocenters. The van der Waals surface area contributed by atoms with Crippen LogP contribution in [0, 0.1) is 0 Å². The summed E-state index contributed by atoms with van der Waals surface area (Å²) < 4.78 is 0. The largest absolute Gasteiger partial charge is 0.310 e. The lowest BCUT2D eigenvalue weighted by molar-refractivity contribution is 0.660. The first-order chi connectivity index (χ1) is 38.5. The van der Waals surface area contributed by atoms with Crippen molar-refractivity contribution < 1.29 is 0 Å². The smallest absolute Gasteiger partial charge is 0.0733 e. The first-order valence-corrected chi connectivity index (χ1v) is 27.2. The second kappa shape index (κ2) is 17.9. The average Bonchev–Trinajstić information content (AvgIpc) is 2.75. The van der Waals surface area contributed by atoms with Gasteiger partial charge >= 0.3 is 0 Å². The quantitative estimate of drug-likeness (QED) is 0.142. The standard InChI is InChI=1S/C76H54N2/c1-75(2)68-37-20-18-34-62(68)66-47-58(44-46-69(66)75)77(55-27-12-5-13-28-55)59-43-45-63-61-33-19-21-38-70(61)76(71(63)48-59)72-50-73(78(56-29-14-6-15-30-56)57-31-16-7-17-32-57)65(53-25-10-4-11-26-53)49-67(72)64-36-22-35-60(74(64)76)54-41-39-52(40-42-54)51-23-8-3-9-24-51/h3-50H,1-2H3. The summed E-state index contributed by atoms with van der Waals surface area (Å²) in [6.45, 7) is 4.72. The van der Waals surface area contributed by atoms with Gasteiger partial charge in [-0.2, -0.15) is 0 Å². The Balaban J connectivity index is 1.04. The molecule has 0 bridgehead atoms. The Hall–Kier alpha value is -9.76. The van der Waals surface area contributed by atoms with Gasteiger partial charge in [-0.15, -0.1) is 0 Å². The highest BCUT2D eigenvalue weighted by Gasteiger charge is 2.54. The van der Waals surface area contributed by atoms with Crippen molar-refractivity contribution in [1.29, 1.82) is 0 Å². The van der Waals surface area contributed by atoms with Crippen LogP contribution in [-0.2, 0) is 10.8 Å². The van der Waals surface area contributed by atoms with E-state index in [2.05, 4.69) is 315 Å². The third-order valence-electron chi connectivity index (χ3n) is 17.1. The summed E-state index contributed by atoms with van der Waals surface area (Å²) >= 11 is 0. The van der Waals surface area contributed by atoms with Crippen molar-refractivity contribution in [3.63, 3.8) is 0 Å². The van der Waals surface area contributed by atoms with Gasteiger partial charge in [0.05, 0.1) is 11.1 Å². The van der Waals surface area contributed by atoms with Crippen LogP contribution in [0.3, 0.4) is 0 Å². The van der Waals surface area contributed by atoms with E-state index in [1.165, 1.54) is 94.6 Å². The fraction of sp³-hybridized carbons (Fsp3) is 0.0526. The van der Waals surface area contributed by atoms with Crippen molar-refractivity contribution in [3.8, 4) is 66.8 Å². The number of hydrogen-bond donors (Lipinski definition) is 0. The molecule has 0 amide bonds. The van der Waals surface area contributed by atoms with Crippen molar-refractivity contribution in [2.75, 3.05) is 9.80 Å². The number of benzene rings is 12. The Morgan fingerprint density at radius 3 is 1.31 bits per heavy atom. The van der Waals surface area contributed by atoms with E-state index < -0.39 is 5.41 Å². The molecule has 0 fully saturated rings. The number of nitrogens with zero attached hydrogens (tertiary/aromatic N) is 2. The van der Waals surface area contributed by atoms with E-state index in [4.69, 9.17) is 0 Å². The predicted octanol–water partition coefficient (Wildman–Crippen LogP) is 20.3. The van der Waals surface area contributed by atoms with Gasteiger partial charge in [-0.1, -0.05) is 232 Å². The first kappa shape index (κ1) is 45.6. The van der Waals surface area contributed by atoms with Crippen molar-refractivity contribution in [2.45, 2.75) is 24.7 Å². The third kappa shape index (κ3) is 6.89. The Bertz CT molecular complexity index is 4220. The van der Waals surface area contributed by atoms with Gasteiger partial charge in [0.15, 0.2) is 0 Å². The summed E-state index contributed by atoms with van der Waals surface area (Å²) in [4.78, 5) is 4.94. The van der Waals surface area contributed by atoms with Gasteiger partial charge in [0, 0.05) is 39.4 Å². The van der Waals surface area contributed by atoms with E-state index in [-0.39, 0.29) is 5.41 Å². The molecule has 3 aliphatic rings. The van der Waals surface area contributed by atoms with E-state index >= 15 is 0 Å². The minimum atomic E-state index is -0.742. The van der Waals surface area contributed by atoms with Crippen LogP contribution in [0.25, 0.3) is 66.8 Å². The lowest BCUT2D eigenvalue weighted by atomic mass is 9.68. The molecule has 1 spiro atoms. The van der Waals surface area contributed by atoms with Crippen LogP contribution >= 0.6 is 0 Å². The Labute approximate surface area is 457 Å². The SMILES string of the molecule is CC1(C)c2ccccc2-c2cc(N(c3ccccc3)c3ccc4c(c3)C3(c5ccccc5-4)c4cc(N(c5ccccc5)c5ccccc5)c(-c5ccccc5)cc4-c4cccc(-c5ccc(-c6ccccc6)cc5)c43)ccc21. The molecule has 12 aromatic rings. The Morgan fingerprint density at radius 2 is 0.654 bits per heavy atom. The number of anilines is 6. The molecule has 0 heterocycles. The average molecular weight is 995 g/mol. The molecule has 15 rings (SSSR count). The molecule has 0 aromatic heterocycles. The highest BCUT2D eigenvalue weighted by molar-refractivity contribution is 6.03.